The van der Waals surface area contributed by atoms with Crippen LogP contribution >= 0.6 is 11.8 Å². The van der Waals surface area contributed by atoms with Crippen molar-refractivity contribution in [2.75, 3.05) is 36.6 Å². The zero-order chi connectivity index (χ0) is 14.4. The quantitative estimate of drug-likeness (QED) is 0.311. The number of rotatable bonds is 6. The van der Waals surface area contributed by atoms with Crippen LogP contribution in [0.15, 0.2) is 11.2 Å². The van der Waals surface area contributed by atoms with Gasteiger partial charge in [0.15, 0.2) is 5.16 Å². The van der Waals surface area contributed by atoms with Crippen LogP contribution < -0.4 is 16.6 Å². The Balaban J connectivity index is 1.85. The fourth-order valence-electron chi connectivity index (χ4n) is 2.10. The van der Waals surface area contributed by atoms with E-state index in [1.165, 1.54) is 11.8 Å². The molecule has 1 aromatic rings. The van der Waals surface area contributed by atoms with Crippen LogP contribution in [0.4, 0.5) is 11.6 Å². The van der Waals surface area contributed by atoms with E-state index in [0.29, 0.717) is 29.8 Å². The molecule has 0 aliphatic carbocycles. The van der Waals surface area contributed by atoms with Gasteiger partial charge in [-0.05, 0) is 19.1 Å². The van der Waals surface area contributed by atoms with Gasteiger partial charge in [-0.1, -0.05) is 11.8 Å². The number of amides is 1. The molecule has 0 aromatic carbocycles. The highest BCUT2D eigenvalue weighted by molar-refractivity contribution is 7.98. The first-order valence-electron chi connectivity index (χ1n) is 6.64. The standard InChI is InChI=1S/C12H20N6OS/c1-20-12-15-9(8-10(16-12)17-13)14-5-4-11(19)18-6-2-3-7-18/h8H,2-7,13H2,1H3,(H2,14,15,16,17). The van der Waals surface area contributed by atoms with Crippen LogP contribution in [0.3, 0.4) is 0 Å². The third-order valence-corrected chi connectivity index (χ3v) is 3.69. The number of hydrazine groups is 1. The molecule has 1 aliphatic rings. The second-order valence-electron chi connectivity index (χ2n) is 4.53. The van der Waals surface area contributed by atoms with Crippen LogP contribution in [0.2, 0.25) is 0 Å². The van der Waals surface area contributed by atoms with Crippen LogP contribution in [0, 0.1) is 0 Å². The van der Waals surface area contributed by atoms with Gasteiger partial charge < -0.3 is 15.6 Å². The second-order valence-corrected chi connectivity index (χ2v) is 5.31. The molecule has 1 aromatic heterocycles. The lowest BCUT2D eigenvalue weighted by molar-refractivity contribution is -0.129. The summed E-state index contributed by atoms with van der Waals surface area (Å²) in [5.41, 5.74) is 2.51. The Labute approximate surface area is 122 Å². The Morgan fingerprint density at radius 2 is 2.10 bits per heavy atom. The smallest absolute Gasteiger partial charge is 0.224 e. The molecular weight excluding hydrogens is 276 g/mol. The lowest BCUT2D eigenvalue weighted by atomic mass is 10.3. The molecule has 1 fully saturated rings. The molecule has 20 heavy (non-hydrogen) atoms. The van der Waals surface area contributed by atoms with Crippen molar-refractivity contribution in [3.63, 3.8) is 0 Å². The summed E-state index contributed by atoms with van der Waals surface area (Å²) in [6.45, 7) is 2.35. The number of thioether (sulfide) groups is 1. The van der Waals surface area contributed by atoms with E-state index in [1.807, 2.05) is 11.2 Å². The normalized spacial score (nSPS) is 14.4. The molecule has 0 bridgehead atoms. The number of anilines is 2. The molecule has 0 spiro atoms. The molecule has 0 atom stereocenters. The van der Waals surface area contributed by atoms with Gasteiger partial charge in [0.2, 0.25) is 5.91 Å². The van der Waals surface area contributed by atoms with Crippen molar-refractivity contribution in [3.8, 4) is 0 Å². The Hall–Kier alpha value is -1.54. The summed E-state index contributed by atoms with van der Waals surface area (Å²) < 4.78 is 0. The van der Waals surface area contributed by atoms with E-state index < -0.39 is 0 Å². The molecule has 0 radical (unpaired) electrons. The summed E-state index contributed by atoms with van der Waals surface area (Å²) in [6, 6.07) is 1.72. The molecule has 1 aliphatic heterocycles. The molecular formula is C12H20N6OS. The van der Waals surface area contributed by atoms with E-state index in [9.17, 15) is 4.79 Å². The summed E-state index contributed by atoms with van der Waals surface area (Å²) in [5.74, 6) is 6.79. The first kappa shape index (κ1) is 14.9. The van der Waals surface area contributed by atoms with Crippen molar-refractivity contribution in [3.05, 3.63) is 6.07 Å². The number of hydrogen-bond donors (Lipinski definition) is 3. The van der Waals surface area contributed by atoms with Crippen molar-refractivity contribution >= 4 is 29.3 Å². The maximum absolute atomic E-state index is 11.9. The molecule has 110 valence electrons. The molecule has 4 N–H and O–H groups in total. The number of nitrogens with zero attached hydrogens (tertiary/aromatic N) is 3. The first-order valence-corrected chi connectivity index (χ1v) is 7.86. The minimum absolute atomic E-state index is 0.200. The van der Waals surface area contributed by atoms with E-state index in [1.54, 1.807) is 6.07 Å². The van der Waals surface area contributed by atoms with Gasteiger partial charge in [0.05, 0.1) is 0 Å². The van der Waals surface area contributed by atoms with Gasteiger partial charge in [-0.15, -0.1) is 0 Å². The van der Waals surface area contributed by atoms with Crippen molar-refractivity contribution in [2.24, 2.45) is 5.84 Å². The van der Waals surface area contributed by atoms with Crippen LogP contribution in [0.5, 0.6) is 0 Å². The number of nitrogens with one attached hydrogen (secondary N) is 2. The highest BCUT2D eigenvalue weighted by atomic mass is 32.2. The van der Waals surface area contributed by atoms with Gasteiger partial charge in [-0.3, -0.25) is 4.79 Å². The average Bonchev–Trinajstić information content (AvgIpc) is 3.01. The minimum atomic E-state index is 0.200. The topological polar surface area (TPSA) is 96.2 Å². The molecule has 7 nitrogen and oxygen atoms in total. The third-order valence-electron chi connectivity index (χ3n) is 3.14. The van der Waals surface area contributed by atoms with Crippen molar-refractivity contribution in [1.82, 2.24) is 14.9 Å². The van der Waals surface area contributed by atoms with E-state index in [2.05, 4.69) is 20.7 Å². The molecule has 8 heteroatoms. The van der Waals surface area contributed by atoms with Crippen LogP contribution in [0.25, 0.3) is 0 Å². The number of nitrogen functional groups attached to an aromatic ring is 1. The lowest BCUT2D eigenvalue weighted by Gasteiger charge is -2.15. The average molecular weight is 296 g/mol. The first-order chi connectivity index (χ1) is 9.72. The predicted octanol–water partition coefficient (Wildman–Crippen LogP) is 0.908. The van der Waals surface area contributed by atoms with E-state index in [0.717, 1.165) is 25.9 Å². The zero-order valence-corrected chi connectivity index (χ0v) is 12.4. The Kier molecular flexibility index (Phi) is 5.42. The van der Waals surface area contributed by atoms with Gasteiger partial charge in [0, 0.05) is 32.1 Å². The molecule has 2 rings (SSSR count). The maximum atomic E-state index is 11.9. The summed E-state index contributed by atoms with van der Waals surface area (Å²) >= 11 is 1.44. The number of hydrogen-bond acceptors (Lipinski definition) is 7. The van der Waals surface area contributed by atoms with Crippen molar-refractivity contribution in [2.45, 2.75) is 24.4 Å². The fourth-order valence-corrected chi connectivity index (χ4v) is 2.48. The number of likely N-dealkylation sites (tertiary alicyclic amines) is 1. The molecule has 1 saturated heterocycles. The van der Waals surface area contributed by atoms with E-state index in [-0.39, 0.29) is 5.91 Å². The minimum Gasteiger partial charge on any atom is -0.369 e. The Bertz CT molecular complexity index is 441. The van der Waals surface area contributed by atoms with Gasteiger partial charge in [0.25, 0.3) is 0 Å². The van der Waals surface area contributed by atoms with Crippen LogP contribution in [0.1, 0.15) is 19.3 Å². The summed E-state index contributed by atoms with van der Waals surface area (Å²) in [5, 5.41) is 3.77. The highest BCUT2D eigenvalue weighted by Crippen LogP contribution is 2.16. The number of nitrogens with two attached hydrogens (primary N) is 1. The summed E-state index contributed by atoms with van der Waals surface area (Å²) in [7, 11) is 0. The number of carbonyl (C=O) groups is 1. The number of carbonyl (C=O) groups excluding carboxylic acids is 1. The monoisotopic (exact) mass is 296 g/mol. The van der Waals surface area contributed by atoms with Gasteiger partial charge >= 0.3 is 0 Å². The third kappa shape index (κ3) is 3.97. The second kappa shape index (κ2) is 7.30. The van der Waals surface area contributed by atoms with Crippen LogP contribution in [-0.4, -0.2) is 46.7 Å². The molecule has 1 amide bonds. The highest BCUT2D eigenvalue weighted by Gasteiger charge is 2.17. The SMILES string of the molecule is CSc1nc(NN)cc(NCCC(=O)N2CCCC2)n1. The lowest BCUT2D eigenvalue weighted by Crippen LogP contribution is -2.29. The van der Waals surface area contributed by atoms with Crippen LogP contribution in [-0.2, 0) is 4.79 Å². The Morgan fingerprint density at radius 3 is 2.75 bits per heavy atom. The number of aromatic nitrogens is 2. The van der Waals surface area contributed by atoms with E-state index >= 15 is 0 Å². The predicted molar refractivity (Wildman–Crippen MR) is 80.5 cm³/mol. The van der Waals surface area contributed by atoms with Gasteiger partial charge in [-0.25, -0.2) is 15.8 Å². The Morgan fingerprint density at radius 1 is 1.40 bits per heavy atom. The van der Waals surface area contributed by atoms with Crippen molar-refractivity contribution < 1.29 is 4.79 Å². The fraction of sp³-hybridized carbons (Fsp3) is 0.583. The maximum Gasteiger partial charge on any atom is 0.224 e. The van der Waals surface area contributed by atoms with E-state index in [4.69, 9.17) is 5.84 Å². The largest absolute Gasteiger partial charge is 0.369 e. The van der Waals surface area contributed by atoms with Gasteiger partial charge in [-0.2, -0.15) is 0 Å². The summed E-state index contributed by atoms with van der Waals surface area (Å²) in [4.78, 5) is 22.3. The zero-order valence-electron chi connectivity index (χ0n) is 11.6. The molecule has 2 heterocycles. The summed E-state index contributed by atoms with van der Waals surface area (Å²) in [6.07, 6.45) is 4.61. The van der Waals surface area contributed by atoms with Crippen molar-refractivity contribution in [1.29, 1.82) is 0 Å². The molecule has 0 unspecified atom stereocenters. The van der Waals surface area contributed by atoms with Gasteiger partial charge in [0.1, 0.15) is 11.6 Å². The molecule has 0 saturated carbocycles.